The van der Waals surface area contributed by atoms with Crippen molar-refractivity contribution in [2.24, 2.45) is 5.92 Å². The summed E-state index contributed by atoms with van der Waals surface area (Å²) in [6.45, 7) is 3.31. The van der Waals surface area contributed by atoms with Crippen molar-refractivity contribution in [1.29, 1.82) is 0 Å². The van der Waals surface area contributed by atoms with Crippen molar-refractivity contribution in [1.82, 2.24) is 5.32 Å². The Morgan fingerprint density at radius 1 is 1.27 bits per heavy atom. The molecular formula is C11H13Cl2NS. The van der Waals surface area contributed by atoms with Crippen molar-refractivity contribution in [3.63, 3.8) is 0 Å². The van der Waals surface area contributed by atoms with Gasteiger partial charge in [0.2, 0.25) is 0 Å². The maximum Gasteiger partial charge on any atom is 0.0790 e. The van der Waals surface area contributed by atoms with Gasteiger partial charge in [-0.05, 0) is 42.0 Å². The second-order valence-electron chi connectivity index (χ2n) is 3.93. The van der Waals surface area contributed by atoms with Crippen molar-refractivity contribution >= 4 is 35.0 Å². The third-order valence-corrected chi connectivity index (χ3v) is 4.36. The molecule has 1 saturated heterocycles. The van der Waals surface area contributed by atoms with Gasteiger partial charge in [-0.2, -0.15) is 0 Å². The molecule has 0 aromatic heterocycles. The highest BCUT2D eigenvalue weighted by Gasteiger charge is 2.19. The lowest BCUT2D eigenvalue weighted by molar-refractivity contribution is 0.529. The third kappa shape index (κ3) is 3.04. The van der Waals surface area contributed by atoms with E-state index in [2.05, 4.69) is 12.2 Å². The molecule has 0 aliphatic carbocycles. The fraction of sp³-hybridized carbons (Fsp3) is 0.455. The summed E-state index contributed by atoms with van der Waals surface area (Å²) in [7, 11) is 0. The summed E-state index contributed by atoms with van der Waals surface area (Å²) in [4.78, 5) is 0. The van der Waals surface area contributed by atoms with Crippen molar-refractivity contribution in [3.8, 4) is 0 Å². The van der Waals surface area contributed by atoms with Gasteiger partial charge in [-0.15, -0.1) is 11.8 Å². The van der Waals surface area contributed by atoms with Crippen LogP contribution in [0.1, 0.15) is 17.9 Å². The lowest BCUT2D eigenvalue weighted by Crippen LogP contribution is -2.31. The molecule has 0 spiro atoms. The summed E-state index contributed by atoms with van der Waals surface area (Å²) in [5.74, 6) is 1.92. The molecule has 1 aliphatic rings. The molecule has 2 rings (SSSR count). The van der Waals surface area contributed by atoms with E-state index in [4.69, 9.17) is 23.2 Å². The third-order valence-electron chi connectivity index (χ3n) is 2.39. The standard InChI is InChI=1S/C11H13Cl2NS/c1-7-5-14-11(15-6-7)8-2-9(12)4-10(13)3-8/h2-4,7,11,14H,5-6H2,1H3. The maximum atomic E-state index is 5.98. The van der Waals surface area contributed by atoms with Gasteiger partial charge >= 0.3 is 0 Å². The largest absolute Gasteiger partial charge is 0.301 e. The highest BCUT2D eigenvalue weighted by Crippen LogP contribution is 2.34. The van der Waals surface area contributed by atoms with E-state index in [9.17, 15) is 0 Å². The molecule has 82 valence electrons. The highest BCUT2D eigenvalue weighted by atomic mass is 35.5. The number of nitrogens with one attached hydrogen (secondary N) is 1. The van der Waals surface area contributed by atoms with Crippen LogP contribution < -0.4 is 5.32 Å². The maximum absolute atomic E-state index is 5.98. The molecule has 0 radical (unpaired) electrons. The molecule has 4 heteroatoms. The molecule has 0 saturated carbocycles. The van der Waals surface area contributed by atoms with E-state index in [0.717, 1.165) is 12.5 Å². The Hall–Kier alpha value is 0.110. The van der Waals surface area contributed by atoms with Gasteiger partial charge in [-0.25, -0.2) is 0 Å². The van der Waals surface area contributed by atoms with Crippen molar-refractivity contribution in [2.45, 2.75) is 12.3 Å². The van der Waals surface area contributed by atoms with E-state index in [1.54, 1.807) is 6.07 Å². The van der Waals surface area contributed by atoms with Gasteiger partial charge in [-0.3, -0.25) is 0 Å². The number of hydrogen-bond acceptors (Lipinski definition) is 2. The molecule has 0 amide bonds. The van der Waals surface area contributed by atoms with Gasteiger partial charge in [0.05, 0.1) is 5.37 Å². The normalized spacial score (nSPS) is 26.6. The molecule has 1 aromatic rings. The van der Waals surface area contributed by atoms with Gasteiger partial charge in [0, 0.05) is 10.0 Å². The summed E-state index contributed by atoms with van der Waals surface area (Å²) in [6.07, 6.45) is 0. The second-order valence-corrected chi connectivity index (χ2v) is 5.94. The van der Waals surface area contributed by atoms with Gasteiger partial charge < -0.3 is 5.32 Å². The number of rotatable bonds is 1. The topological polar surface area (TPSA) is 12.0 Å². The Balaban J connectivity index is 2.15. The fourth-order valence-corrected chi connectivity index (χ4v) is 3.35. The Morgan fingerprint density at radius 3 is 2.47 bits per heavy atom. The first-order valence-electron chi connectivity index (χ1n) is 4.96. The highest BCUT2D eigenvalue weighted by molar-refractivity contribution is 7.99. The van der Waals surface area contributed by atoms with Gasteiger partial charge in [0.25, 0.3) is 0 Å². The van der Waals surface area contributed by atoms with Gasteiger partial charge in [0.15, 0.2) is 0 Å². The van der Waals surface area contributed by atoms with E-state index in [1.165, 1.54) is 11.3 Å². The van der Waals surface area contributed by atoms with Gasteiger partial charge in [-0.1, -0.05) is 30.1 Å². The summed E-state index contributed by atoms with van der Waals surface area (Å²) in [5, 5.41) is 5.23. The molecule has 2 atom stereocenters. The second kappa shape index (κ2) is 4.96. The van der Waals surface area contributed by atoms with Crippen molar-refractivity contribution in [3.05, 3.63) is 33.8 Å². The minimum Gasteiger partial charge on any atom is -0.301 e. The summed E-state index contributed by atoms with van der Waals surface area (Å²) < 4.78 is 0. The number of hydrogen-bond donors (Lipinski definition) is 1. The molecular weight excluding hydrogens is 249 g/mol. The zero-order valence-corrected chi connectivity index (χ0v) is 10.8. The van der Waals surface area contributed by atoms with Crippen LogP contribution in [0.25, 0.3) is 0 Å². The first-order valence-corrected chi connectivity index (χ1v) is 6.76. The van der Waals surface area contributed by atoms with Crippen LogP contribution in [-0.4, -0.2) is 12.3 Å². The number of thioether (sulfide) groups is 1. The van der Waals surface area contributed by atoms with Crippen molar-refractivity contribution in [2.75, 3.05) is 12.3 Å². The van der Waals surface area contributed by atoms with Crippen LogP contribution in [0.3, 0.4) is 0 Å². The summed E-state index contributed by atoms with van der Waals surface area (Å²) in [6, 6.07) is 5.73. The van der Waals surface area contributed by atoms with E-state index in [0.29, 0.717) is 15.4 Å². The lowest BCUT2D eigenvalue weighted by Gasteiger charge is -2.27. The minimum atomic E-state index is 0.331. The Bertz CT molecular complexity index is 328. The Labute approximate surface area is 105 Å². The molecule has 1 N–H and O–H groups in total. The van der Waals surface area contributed by atoms with Crippen LogP contribution in [0.15, 0.2) is 18.2 Å². The van der Waals surface area contributed by atoms with E-state index < -0.39 is 0 Å². The molecule has 15 heavy (non-hydrogen) atoms. The predicted octanol–water partition coefficient (Wildman–Crippen LogP) is 3.96. The smallest absolute Gasteiger partial charge is 0.0790 e. The van der Waals surface area contributed by atoms with Crippen LogP contribution in [0, 0.1) is 5.92 Å². The van der Waals surface area contributed by atoms with Crippen LogP contribution >= 0.6 is 35.0 Å². The lowest BCUT2D eigenvalue weighted by atomic mass is 10.2. The van der Waals surface area contributed by atoms with Crippen LogP contribution in [0.2, 0.25) is 10.0 Å². The fourth-order valence-electron chi connectivity index (χ4n) is 1.63. The number of benzene rings is 1. The summed E-state index contributed by atoms with van der Waals surface area (Å²) >= 11 is 13.9. The number of halogens is 2. The van der Waals surface area contributed by atoms with Crippen LogP contribution in [-0.2, 0) is 0 Å². The quantitative estimate of drug-likeness (QED) is 0.822. The van der Waals surface area contributed by atoms with E-state index in [-0.39, 0.29) is 0 Å². The minimum absolute atomic E-state index is 0.331. The average Bonchev–Trinajstić information content (AvgIpc) is 2.17. The SMILES string of the molecule is CC1CNC(c2cc(Cl)cc(Cl)c2)SC1. The predicted molar refractivity (Wildman–Crippen MR) is 68.8 cm³/mol. The summed E-state index contributed by atoms with van der Waals surface area (Å²) in [5.41, 5.74) is 1.17. The molecule has 1 aromatic carbocycles. The monoisotopic (exact) mass is 261 g/mol. The zero-order chi connectivity index (χ0) is 10.8. The van der Waals surface area contributed by atoms with Crippen molar-refractivity contribution < 1.29 is 0 Å². The Morgan fingerprint density at radius 2 is 1.93 bits per heavy atom. The van der Waals surface area contributed by atoms with Crippen LogP contribution in [0.4, 0.5) is 0 Å². The first-order chi connectivity index (χ1) is 7.15. The molecule has 1 fully saturated rings. The first kappa shape index (κ1) is 11.6. The zero-order valence-electron chi connectivity index (χ0n) is 8.47. The molecule has 1 heterocycles. The Kier molecular flexibility index (Phi) is 3.83. The molecule has 1 aliphatic heterocycles. The average molecular weight is 262 g/mol. The van der Waals surface area contributed by atoms with E-state index >= 15 is 0 Å². The van der Waals surface area contributed by atoms with Crippen LogP contribution in [0.5, 0.6) is 0 Å². The van der Waals surface area contributed by atoms with Gasteiger partial charge in [0.1, 0.15) is 0 Å². The molecule has 1 nitrogen and oxygen atoms in total. The molecule has 2 unspecified atom stereocenters. The molecule has 0 bridgehead atoms. The van der Waals surface area contributed by atoms with E-state index in [1.807, 2.05) is 23.9 Å².